The predicted molar refractivity (Wildman–Crippen MR) is 83.8 cm³/mol. The fourth-order valence-corrected chi connectivity index (χ4v) is 2.12. The van der Waals surface area contributed by atoms with Crippen LogP contribution in [0.3, 0.4) is 0 Å². The summed E-state index contributed by atoms with van der Waals surface area (Å²) in [5, 5.41) is 12.5. The lowest BCUT2D eigenvalue weighted by molar-refractivity contribution is 0.202. The molecule has 5 heteroatoms. The van der Waals surface area contributed by atoms with E-state index in [2.05, 4.69) is 5.32 Å². The summed E-state index contributed by atoms with van der Waals surface area (Å²) < 4.78 is 5.30. The van der Waals surface area contributed by atoms with Crippen LogP contribution in [0.1, 0.15) is 6.92 Å². The molecular weight excluding hydrogens is 268 g/mol. The van der Waals surface area contributed by atoms with Crippen molar-refractivity contribution in [2.75, 3.05) is 23.9 Å². The van der Waals surface area contributed by atoms with Crippen LogP contribution in [0.25, 0.3) is 0 Å². The molecule has 2 N–H and O–H groups in total. The molecule has 0 aromatic heterocycles. The monoisotopic (exact) mass is 286 g/mol. The number of para-hydroxylation sites is 4. The molecule has 0 aliphatic heterocycles. The number of anilines is 3. The third-order valence-electron chi connectivity index (χ3n) is 3.12. The van der Waals surface area contributed by atoms with Gasteiger partial charge in [0.2, 0.25) is 0 Å². The van der Waals surface area contributed by atoms with Crippen LogP contribution in [0, 0.1) is 0 Å². The Morgan fingerprint density at radius 3 is 2.38 bits per heavy atom. The lowest BCUT2D eigenvalue weighted by atomic mass is 10.2. The van der Waals surface area contributed by atoms with Gasteiger partial charge in [-0.2, -0.15) is 0 Å². The number of nitrogens with one attached hydrogen (secondary N) is 1. The Balaban J connectivity index is 2.39. The van der Waals surface area contributed by atoms with E-state index in [1.54, 1.807) is 20.1 Å². The van der Waals surface area contributed by atoms with E-state index in [1.165, 1.54) is 4.90 Å². The zero-order valence-corrected chi connectivity index (χ0v) is 12.0. The molecule has 0 aliphatic rings. The number of carbonyl (C=O) groups is 1. The molecule has 0 unspecified atom stereocenters. The quantitative estimate of drug-likeness (QED) is 0.873. The van der Waals surface area contributed by atoms with Crippen molar-refractivity contribution in [2.45, 2.75) is 6.92 Å². The minimum Gasteiger partial charge on any atom is -0.495 e. The van der Waals surface area contributed by atoms with Crippen LogP contribution >= 0.6 is 0 Å². The number of methoxy groups -OCH3 is 1. The minimum atomic E-state index is -0.980. The molecule has 1 amide bonds. The smallest absolute Gasteiger partial charge is 0.411 e. The number of nitrogens with zero attached hydrogens (tertiary/aromatic N) is 1. The summed E-state index contributed by atoms with van der Waals surface area (Å²) >= 11 is 0. The molecular formula is C16H18N2O3. The number of hydrogen-bond acceptors (Lipinski definition) is 3. The molecule has 0 radical (unpaired) electrons. The van der Waals surface area contributed by atoms with E-state index in [9.17, 15) is 9.90 Å². The molecule has 110 valence electrons. The number of ether oxygens (including phenoxy) is 1. The summed E-state index contributed by atoms with van der Waals surface area (Å²) in [5.74, 6) is 0.700. The molecule has 0 saturated heterocycles. The Hall–Kier alpha value is -2.69. The fraction of sp³-hybridized carbons (Fsp3) is 0.188. The Morgan fingerprint density at radius 1 is 1.14 bits per heavy atom. The van der Waals surface area contributed by atoms with Crippen molar-refractivity contribution < 1.29 is 14.6 Å². The van der Waals surface area contributed by atoms with Crippen molar-refractivity contribution in [3.05, 3.63) is 48.5 Å². The molecule has 0 fully saturated rings. The fourth-order valence-electron chi connectivity index (χ4n) is 2.12. The number of carboxylic acid groups (broad SMARTS) is 1. The zero-order valence-electron chi connectivity index (χ0n) is 12.0. The van der Waals surface area contributed by atoms with Gasteiger partial charge in [0.15, 0.2) is 0 Å². The average Bonchev–Trinajstić information content (AvgIpc) is 2.50. The maximum atomic E-state index is 11.3. The van der Waals surface area contributed by atoms with Crippen molar-refractivity contribution in [2.24, 2.45) is 0 Å². The molecule has 2 rings (SSSR count). The molecule has 0 bridgehead atoms. The van der Waals surface area contributed by atoms with Crippen molar-refractivity contribution in [1.82, 2.24) is 0 Å². The van der Waals surface area contributed by atoms with E-state index in [0.29, 0.717) is 23.7 Å². The molecule has 0 saturated carbocycles. The van der Waals surface area contributed by atoms with Gasteiger partial charge in [0.1, 0.15) is 5.75 Å². The second-order valence-corrected chi connectivity index (χ2v) is 4.37. The Labute approximate surface area is 123 Å². The first-order valence-electron chi connectivity index (χ1n) is 6.67. The maximum absolute atomic E-state index is 11.3. The second-order valence-electron chi connectivity index (χ2n) is 4.37. The molecule has 0 heterocycles. The van der Waals surface area contributed by atoms with Crippen LogP contribution in [0.2, 0.25) is 0 Å². The lowest BCUT2D eigenvalue weighted by Crippen LogP contribution is -2.29. The highest BCUT2D eigenvalue weighted by atomic mass is 16.5. The van der Waals surface area contributed by atoms with Gasteiger partial charge in [-0.3, -0.25) is 4.90 Å². The average molecular weight is 286 g/mol. The molecule has 2 aromatic carbocycles. The summed E-state index contributed by atoms with van der Waals surface area (Å²) in [7, 11) is 1.60. The van der Waals surface area contributed by atoms with Crippen molar-refractivity contribution >= 4 is 23.2 Å². The molecule has 0 atom stereocenters. The van der Waals surface area contributed by atoms with Crippen LogP contribution in [0.4, 0.5) is 21.9 Å². The molecule has 2 aromatic rings. The van der Waals surface area contributed by atoms with Crippen LogP contribution in [0.15, 0.2) is 48.5 Å². The first kappa shape index (κ1) is 14.7. The first-order chi connectivity index (χ1) is 10.2. The summed E-state index contributed by atoms with van der Waals surface area (Å²) in [6.07, 6.45) is -0.980. The van der Waals surface area contributed by atoms with Crippen LogP contribution in [0.5, 0.6) is 5.75 Å². The summed E-state index contributed by atoms with van der Waals surface area (Å²) in [6.45, 7) is 2.17. The molecule has 21 heavy (non-hydrogen) atoms. The normalized spacial score (nSPS) is 10.0. The van der Waals surface area contributed by atoms with Gasteiger partial charge in [0, 0.05) is 6.54 Å². The lowest BCUT2D eigenvalue weighted by Gasteiger charge is -2.21. The minimum absolute atomic E-state index is 0.375. The van der Waals surface area contributed by atoms with E-state index in [-0.39, 0.29) is 0 Å². The molecule has 0 aliphatic carbocycles. The van der Waals surface area contributed by atoms with E-state index < -0.39 is 6.09 Å². The summed E-state index contributed by atoms with van der Waals surface area (Å²) in [6, 6.07) is 14.8. The highest BCUT2D eigenvalue weighted by molar-refractivity contribution is 5.92. The highest BCUT2D eigenvalue weighted by Gasteiger charge is 2.16. The van der Waals surface area contributed by atoms with E-state index >= 15 is 0 Å². The van der Waals surface area contributed by atoms with E-state index in [1.807, 2.05) is 42.5 Å². The largest absolute Gasteiger partial charge is 0.495 e. The van der Waals surface area contributed by atoms with E-state index in [4.69, 9.17) is 4.74 Å². The number of amides is 1. The van der Waals surface area contributed by atoms with Gasteiger partial charge in [-0.05, 0) is 31.2 Å². The van der Waals surface area contributed by atoms with Gasteiger partial charge in [0.25, 0.3) is 0 Å². The van der Waals surface area contributed by atoms with Gasteiger partial charge >= 0.3 is 6.09 Å². The van der Waals surface area contributed by atoms with Crippen LogP contribution in [-0.2, 0) is 0 Å². The Morgan fingerprint density at radius 2 is 1.76 bits per heavy atom. The Bertz CT molecular complexity index is 628. The van der Waals surface area contributed by atoms with Crippen molar-refractivity contribution in [1.29, 1.82) is 0 Å². The third kappa shape index (κ3) is 3.25. The summed E-state index contributed by atoms with van der Waals surface area (Å²) in [5.41, 5.74) is 2.11. The van der Waals surface area contributed by atoms with Gasteiger partial charge in [-0.25, -0.2) is 4.79 Å². The predicted octanol–water partition coefficient (Wildman–Crippen LogP) is 3.94. The van der Waals surface area contributed by atoms with Gasteiger partial charge in [-0.1, -0.05) is 24.3 Å². The van der Waals surface area contributed by atoms with E-state index in [0.717, 1.165) is 5.69 Å². The highest BCUT2D eigenvalue weighted by Crippen LogP contribution is 2.32. The number of hydrogen-bond donors (Lipinski definition) is 2. The van der Waals surface area contributed by atoms with Gasteiger partial charge < -0.3 is 15.2 Å². The SMILES string of the molecule is CCN(C(=O)O)c1ccccc1Nc1ccccc1OC. The molecule has 0 spiro atoms. The van der Waals surface area contributed by atoms with Crippen molar-refractivity contribution in [3.8, 4) is 5.75 Å². The second kappa shape index (κ2) is 6.65. The summed E-state index contributed by atoms with van der Waals surface area (Å²) in [4.78, 5) is 12.6. The first-order valence-corrected chi connectivity index (χ1v) is 6.67. The van der Waals surface area contributed by atoms with Crippen LogP contribution in [-0.4, -0.2) is 24.9 Å². The zero-order chi connectivity index (χ0) is 15.2. The molecule has 5 nitrogen and oxygen atoms in total. The van der Waals surface area contributed by atoms with Crippen molar-refractivity contribution in [3.63, 3.8) is 0 Å². The standard InChI is InChI=1S/C16H18N2O3/c1-3-18(16(19)20)14-10-6-4-8-12(14)17-13-9-5-7-11-15(13)21-2/h4-11,17H,3H2,1-2H3,(H,19,20). The van der Waals surface area contributed by atoms with Crippen LogP contribution < -0.4 is 15.0 Å². The topological polar surface area (TPSA) is 61.8 Å². The number of benzene rings is 2. The maximum Gasteiger partial charge on any atom is 0.411 e. The number of rotatable bonds is 5. The van der Waals surface area contributed by atoms with Gasteiger partial charge in [-0.15, -0.1) is 0 Å². The third-order valence-corrected chi connectivity index (χ3v) is 3.12. The van der Waals surface area contributed by atoms with Gasteiger partial charge in [0.05, 0.1) is 24.2 Å². The Kier molecular flexibility index (Phi) is 4.66.